The van der Waals surface area contributed by atoms with Gasteiger partial charge in [0.1, 0.15) is 0 Å². The first-order chi connectivity index (χ1) is 6.99. The topological polar surface area (TPSA) is 63.3 Å². The molecule has 0 aromatic heterocycles. The van der Waals surface area contributed by atoms with Crippen LogP contribution in [0, 0.1) is 6.92 Å². The van der Waals surface area contributed by atoms with Crippen molar-refractivity contribution >= 4 is 23.4 Å². The standard InChI is InChI=1S/C11H15NO2S/c1-7-5-9(3-4-10(7)12)15-8(2)6-11(13)14/h3-5,8H,6,12H2,1-2H3,(H,13,14). The van der Waals surface area contributed by atoms with Crippen LogP contribution in [0.15, 0.2) is 23.1 Å². The van der Waals surface area contributed by atoms with E-state index in [1.807, 2.05) is 32.0 Å². The second-order valence-electron chi connectivity index (χ2n) is 3.54. The second kappa shape index (κ2) is 5.07. The summed E-state index contributed by atoms with van der Waals surface area (Å²) >= 11 is 1.56. The number of hydrogen-bond acceptors (Lipinski definition) is 3. The van der Waals surface area contributed by atoms with Crippen molar-refractivity contribution in [1.29, 1.82) is 0 Å². The molecule has 0 amide bonds. The number of carboxylic acid groups (broad SMARTS) is 1. The molecule has 4 heteroatoms. The van der Waals surface area contributed by atoms with Gasteiger partial charge >= 0.3 is 5.97 Å². The van der Waals surface area contributed by atoms with Crippen molar-refractivity contribution < 1.29 is 9.90 Å². The summed E-state index contributed by atoms with van der Waals surface area (Å²) in [6.45, 7) is 3.85. The summed E-state index contributed by atoms with van der Waals surface area (Å²) in [6.07, 6.45) is 0.175. The lowest BCUT2D eigenvalue weighted by molar-refractivity contribution is -0.136. The average Bonchev–Trinajstić information content (AvgIpc) is 2.10. The molecule has 3 N–H and O–H groups in total. The van der Waals surface area contributed by atoms with Crippen LogP contribution >= 0.6 is 11.8 Å². The van der Waals surface area contributed by atoms with Crippen molar-refractivity contribution in [1.82, 2.24) is 0 Å². The number of rotatable bonds is 4. The summed E-state index contributed by atoms with van der Waals surface area (Å²) in [5.41, 5.74) is 7.50. The summed E-state index contributed by atoms with van der Waals surface area (Å²) in [5, 5.41) is 8.70. The molecule has 15 heavy (non-hydrogen) atoms. The molecule has 1 aromatic carbocycles. The minimum atomic E-state index is -0.762. The maximum atomic E-state index is 10.5. The summed E-state index contributed by atoms with van der Waals surface area (Å²) in [7, 11) is 0. The Morgan fingerprint density at radius 1 is 1.60 bits per heavy atom. The van der Waals surface area contributed by atoms with Gasteiger partial charge in [-0.05, 0) is 30.7 Å². The SMILES string of the molecule is Cc1cc(SC(C)CC(=O)O)ccc1N. The number of benzene rings is 1. The molecule has 1 unspecified atom stereocenters. The Balaban J connectivity index is 2.64. The minimum absolute atomic E-state index is 0.0746. The van der Waals surface area contributed by atoms with Crippen LogP contribution in [0.25, 0.3) is 0 Å². The van der Waals surface area contributed by atoms with Gasteiger partial charge in [0.15, 0.2) is 0 Å². The Morgan fingerprint density at radius 2 is 2.27 bits per heavy atom. The van der Waals surface area contributed by atoms with Gasteiger partial charge in [-0.15, -0.1) is 11.8 Å². The van der Waals surface area contributed by atoms with E-state index in [0.29, 0.717) is 0 Å². The van der Waals surface area contributed by atoms with Crippen LogP contribution in [0.4, 0.5) is 5.69 Å². The maximum absolute atomic E-state index is 10.5. The molecule has 0 saturated heterocycles. The molecule has 1 aromatic rings. The number of nitrogens with two attached hydrogens (primary N) is 1. The van der Waals surface area contributed by atoms with E-state index in [9.17, 15) is 4.79 Å². The molecule has 0 aliphatic heterocycles. The van der Waals surface area contributed by atoms with Crippen molar-refractivity contribution in [2.75, 3.05) is 5.73 Å². The van der Waals surface area contributed by atoms with E-state index >= 15 is 0 Å². The second-order valence-corrected chi connectivity index (χ2v) is 5.06. The zero-order chi connectivity index (χ0) is 11.4. The molecule has 0 radical (unpaired) electrons. The van der Waals surface area contributed by atoms with Gasteiger partial charge in [-0.3, -0.25) is 4.79 Å². The van der Waals surface area contributed by atoms with E-state index in [1.165, 1.54) is 0 Å². The summed E-state index contributed by atoms with van der Waals surface area (Å²) < 4.78 is 0. The molecule has 1 atom stereocenters. The number of aryl methyl sites for hydroxylation is 1. The highest BCUT2D eigenvalue weighted by Gasteiger charge is 2.09. The van der Waals surface area contributed by atoms with Crippen LogP contribution in [-0.2, 0) is 4.79 Å². The van der Waals surface area contributed by atoms with E-state index in [2.05, 4.69) is 0 Å². The number of carboxylic acids is 1. The van der Waals surface area contributed by atoms with Crippen LogP contribution in [0.3, 0.4) is 0 Å². The highest BCUT2D eigenvalue weighted by molar-refractivity contribution is 8.00. The highest BCUT2D eigenvalue weighted by atomic mass is 32.2. The van der Waals surface area contributed by atoms with Crippen molar-refractivity contribution in [2.45, 2.75) is 30.4 Å². The molecule has 0 bridgehead atoms. The van der Waals surface area contributed by atoms with Crippen LogP contribution < -0.4 is 5.73 Å². The predicted molar refractivity (Wildman–Crippen MR) is 63.2 cm³/mol. The van der Waals surface area contributed by atoms with Gasteiger partial charge in [0.05, 0.1) is 6.42 Å². The fraction of sp³-hybridized carbons (Fsp3) is 0.364. The molecule has 0 aliphatic carbocycles. The molecule has 0 fully saturated rings. The van der Waals surface area contributed by atoms with Crippen molar-refractivity contribution in [3.05, 3.63) is 23.8 Å². The number of carbonyl (C=O) groups is 1. The quantitative estimate of drug-likeness (QED) is 0.610. The third-order valence-electron chi connectivity index (χ3n) is 2.04. The Labute approximate surface area is 93.7 Å². The first-order valence-corrected chi connectivity index (χ1v) is 5.61. The van der Waals surface area contributed by atoms with Crippen LogP contribution in [0.1, 0.15) is 18.9 Å². The van der Waals surface area contributed by atoms with Crippen LogP contribution in [-0.4, -0.2) is 16.3 Å². The highest BCUT2D eigenvalue weighted by Crippen LogP contribution is 2.27. The van der Waals surface area contributed by atoms with Gasteiger partial charge in [0.25, 0.3) is 0 Å². The number of anilines is 1. The number of thioether (sulfide) groups is 1. The number of hydrogen-bond donors (Lipinski definition) is 2. The Bertz CT molecular complexity index is 366. The van der Waals surface area contributed by atoms with Crippen LogP contribution in [0.5, 0.6) is 0 Å². The molecule has 0 spiro atoms. The fourth-order valence-corrected chi connectivity index (χ4v) is 2.32. The summed E-state index contributed by atoms with van der Waals surface area (Å²) in [5.74, 6) is -0.762. The van der Waals surface area contributed by atoms with Crippen LogP contribution in [0.2, 0.25) is 0 Å². The molecule has 1 rings (SSSR count). The minimum Gasteiger partial charge on any atom is -0.481 e. The summed E-state index contributed by atoms with van der Waals surface area (Å²) in [4.78, 5) is 11.6. The van der Waals surface area contributed by atoms with Gasteiger partial charge in [-0.1, -0.05) is 6.92 Å². The molecule has 0 saturated carbocycles. The molecule has 3 nitrogen and oxygen atoms in total. The third-order valence-corrected chi connectivity index (χ3v) is 3.14. The van der Waals surface area contributed by atoms with E-state index < -0.39 is 5.97 Å². The lowest BCUT2D eigenvalue weighted by Gasteiger charge is -2.09. The molecule has 82 valence electrons. The zero-order valence-electron chi connectivity index (χ0n) is 8.86. The van der Waals surface area contributed by atoms with Crippen molar-refractivity contribution in [3.63, 3.8) is 0 Å². The zero-order valence-corrected chi connectivity index (χ0v) is 9.67. The molecular weight excluding hydrogens is 210 g/mol. The van der Waals surface area contributed by atoms with E-state index in [1.54, 1.807) is 11.8 Å². The van der Waals surface area contributed by atoms with E-state index in [4.69, 9.17) is 10.8 Å². The molecule has 0 aliphatic rings. The average molecular weight is 225 g/mol. The fourth-order valence-electron chi connectivity index (χ4n) is 1.24. The van der Waals surface area contributed by atoms with Gasteiger partial charge in [-0.2, -0.15) is 0 Å². The first kappa shape index (κ1) is 11.9. The Kier molecular flexibility index (Phi) is 4.03. The number of aliphatic carboxylic acids is 1. The van der Waals surface area contributed by atoms with Crippen molar-refractivity contribution in [3.8, 4) is 0 Å². The Hall–Kier alpha value is -1.16. The smallest absolute Gasteiger partial charge is 0.304 e. The number of nitrogen functional groups attached to an aromatic ring is 1. The molecule has 0 heterocycles. The normalized spacial score (nSPS) is 12.4. The van der Waals surface area contributed by atoms with Crippen molar-refractivity contribution in [2.24, 2.45) is 0 Å². The monoisotopic (exact) mass is 225 g/mol. The van der Waals surface area contributed by atoms with Gasteiger partial charge < -0.3 is 10.8 Å². The Morgan fingerprint density at radius 3 is 2.80 bits per heavy atom. The van der Waals surface area contributed by atoms with E-state index in [-0.39, 0.29) is 11.7 Å². The largest absolute Gasteiger partial charge is 0.481 e. The predicted octanol–water partition coefficient (Wildman–Crippen LogP) is 2.53. The van der Waals surface area contributed by atoms with Gasteiger partial charge in [0.2, 0.25) is 0 Å². The first-order valence-electron chi connectivity index (χ1n) is 4.73. The third kappa shape index (κ3) is 3.83. The lowest BCUT2D eigenvalue weighted by atomic mass is 10.2. The maximum Gasteiger partial charge on any atom is 0.304 e. The summed E-state index contributed by atoms with van der Waals surface area (Å²) in [6, 6.07) is 5.76. The van der Waals surface area contributed by atoms with E-state index in [0.717, 1.165) is 16.1 Å². The van der Waals surface area contributed by atoms with Gasteiger partial charge in [0, 0.05) is 15.8 Å². The van der Waals surface area contributed by atoms with Gasteiger partial charge in [-0.25, -0.2) is 0 Å². The molecular formula is C11H15NO2S. The lowest BCUT2D eigenvalue weighted by Crippen LogP contribution is -2.05.